The molecule has 1 saturated heterocycles. The quantitative estimate of drug-likeness (QED) is 0.919. The fraction of sp³-hybridized carbons (Fsp3) is 0.562. The summed E-state index contributed by atoms with van der Waals surface area (Å²) < 4.78 is 1.95. The lowest BCUT2D eigenvalue weighted by Gasteiger charge is -2.19. The van der Waals surface area contributed by atoms with E-state index < -0.39 is 0 Å². The first-order chi connectivity index (χ1) is 10.7. The summed E-state index contributed by atoms with van der Waals surface area (Å²) in [6, 6.07) is 0. The van der Waals surface area contributed by atoms with Gasteiger partial charge < -0.3 is 14.6 Å². The molecule has 2 aliphatic rings. The molecule has 2 aromatic heterocycles. The van der Waals surface area contributed by atoms with Crippen LogP contribution in [0, 0.1) is 24.7 Å². The number of imidazole rings is 1. The Morgan fingerprint density at radius 1 is 1.27 bits per heavy atom. The van der Waals surface area contributed by atoms with Gasteiger partial charge in [-0.2, -0.15) is 0 Å². The molecule has 0 amide bonds. The molecule has 2 fully saturated rings. The van der Waals surface area contributed by atoms with Crippen LogP contribution < -0.4 is 4.90 Å². The van der Waals surface area contributed by atoms with Crippen LogP contribution in [-0.2, 0) is 13.2 Å². The fourth-order valence-corrected chi connectivity index (χ4v) is 3.55. The van der Waals surface area contributed by atoms with E-state index in [0.29, 0.717) is 12.2 Å². The minimum Gasteiger partial charge on any atom is -0.390 e. The van der Waals surface area contributed by atoms with Gasteiger partial charge in [0, 0.05) is 36.7 Å². The number of nitrogens with zero attached hydrogens (tertiary/aromatic N) is 5. The van der Waals surface area contributed by atoms with Gasteiger partial charge in [0.15, 0.2) is 0 Å². The third-order valence-corrected chi connectivity index (χ3v) is 5.17. The van der Waals surface area contributed by atoms with Crippen molar-refractivity contribution in [3.63, 3.8) is 0 Å². The molecule has 116 valence electrons. The number of hydrogen-bond donors (Lipinski definition) is 1. The maximum atomic E-state index is 9.07. The Balaban J connectivity index is 1.48. The second kappa shape index (κ2) is 5.05. The Morgan fingerprint density at radius 3 is 2.68 bits per heavy atom. The SMILES string of the molecule is Cc1nc(N2C[C@@H]3[C@H](C)[C@@H]3C2)ncc1Cn1cnc(CO)c1. The molecule has 6 heteroatoms. The molecule has 1 aliphatic carbocycles. The Morgan fingerprint density at radius 2 is 2.05 bits per heavy atom. The van der Waals surface area contributed by atoms with E-state index in [4.69, 9.17) is 5.11 Å². The van der Waals surface area contributed by atoms with Gasteiger partial charge in [-0.15, -0.1) is 0 Å². The van der Waals surface area contributed by atoms with Crippen LogP contribution in [0.1, 0.15) is 23.9 Å². The largest absolute Gasteiger partial charge is 0.390 e. The van der Waals surface area contributed by atoms with Gasteiger partial charge in [0.25, 0.3) is 0 Å². The van der Waals surface area contributed by atoms with Gasteiger partial charge in [0.1, 0.15) is 0 Å². The first-order valence-corrected chi connectivity index (χ1v) is 7.84. The molecule has 0 unspecified atom stereocenters. The molecule has 6 nitrogen and oxygen atoms in total. The number of aliphatic hydroxyl groups excluding tert-OH is 1. The van der Waals surface area contributed by atoms with Crippen LogP contribution in [-0.4, -0.2) is 37.7 Å². The van der Waals surface area contributed by atoms with Gasteiger partial charge >= 0.3 is 0 Å². The monoisotopic (exact) mass is 299 g/mol. The molecular formula is C16H21N5O. The predicted octanol–water partition coefficient (Wildman–Crippen LogP) is 1.22. The Labute approximate surface area is 129 Å². The normalized spacial score (nSPS) is 26.3. The van der Waals surface area contributed by atoms with E-state index in [1.807, 2.05) is 23.9 Å². The van der Waals surface area contributed by atoms with Crippen molar-refractivity contribution in [1.82, 2.24) is 19.5 Å². The molecule has 0 spiro atoms. The summed E-state index contributed by atoms with van der Waals surface area (Å²) in [5.74, 6) is 3.46. The van der Waals surface area contributed by atoms with E-state index in [9.17, 15) is 0 Å². The lowest BCUT2D eigenvalue weighted by Crippen LogP contribution is -2.26. The van der Waals surface area contributed by atoms with Gasteiger partial charge in [-0.25, -0.2) is 15.0 Å². The number of aromatic nitrogens is 4. The molecule has 1 aliphatic heterocycles. The molecule has 1 saturated carbocycles. The van der Waals surface area contributed by atoms with E-state index in [1.165, 1.54) is 0 Å². The summed E-state index contributed by atoms with van der Waals surface area (Å²) in [4.78, 5) is 15.7. The maximum absolute atomic E-state index is 9.07. The number of fused-ring (bicyclic) bond motifs is 1. The molecule has 1 N–H and O–H groups in total. The minimum absolute atomic E-state index is 0.0306. The average Bonchev–Trinajstić information content (AvgIpc) is 2.95. The number of rotatable bonds is 4. The van der Waals surface area contributed by atoms with Crippen LogP contribution >= 0.6 is 0 Å². The Kier molecular flexibility index (Phi) is 3.14. The van der Waals surface area contributed by atoms with Gasteiger partial charge in [0.2, 0.25) is 5.95 Å². The van der Waals surface area contributed by atoms with Crippen molar-refractivity contribution in [3.05, 3.63) is 35.7 Å². The maximum Gasteiger partial charge on any atom is 0.225 e. The highest BCUT2D eigenvalue weighted by Gasteiger charge is 2.53. The number of hydrogen-bond acceptors (Lipinski definition) is 5. The molecule has 0 aromatic carbocycles. The highest BCUT2D eigenvalue weighted by atomic mass is 16.3. The lowest BCUT2D eigenvalue weighted by molar-refractivity contribution is 0.277. The summed E-state index contributed by atoms with van der Waals surface area (Å²) in [6.07, 6.45) is 5.50. The summed E-state index contributed by atoms with van der Waals surface area (Å²) in [6.45, 7) is 7.23. The standard InChI is InChI=1S/C16H21N5O/c1-10-14-6-21(7-15(10)14)16-17-3-12(11(2)19-16)4-20-5-13(8-22)18-9-20/h3,5,9-10,14-15,22H,4,6-8H2,1-2H3/t10-,14+,15-. The zero-order chi connectivity index (χ0) is 15.3. The second-order valence-electron chi connectivity index (χ2n) is 6.57. The van der Waals surface area contributed by atoms with Gasteiger partial charge in [0.05, 0.1) is 25.2 Å². The molecule has 22 heavy (non-hydrogen) atoms. The van der Waals surface area contributed by atoms with E-state index in [0.717, 1.165) is 48.0 Å². The third kappa shape index (κ3) is 2.27. The van der Waals surface area contributed by atoms with E-state index in [1.54, 1.807) is 6.33 Å². The van der Waals surface area contributed by atoms with Crippen LogP contribution in [0.3, 0.4) is 0 Å². The highest BCUT2D eigenvalue weighted by Crippen LogP contribution is 2.51. The van der Waals surface area contributed by atoms with Crippen molar-refractivity contribution in [1.29, 1.82) is 0 Å². The molecule has 3 atom stereocenters. The highest BCUT2D eigenvalue weighted by molar-refractivity contribution is 5.37. The predicted molar refractivity (Wildman–Crippen MR) is 82.4 cm³/mol. The molecule has 4 rings (SSSR count). The van der Waals surface area contributed by atoms with Gasteiger partial charge in [-0.3, -0.25) is 0 Å². The number of aliphatic hydroxyl groups is 1. The first-order valence-electron chi connectivity index (χ1n) is 7.84. The van der Waals surface area contributed by atoms with Crippen LogP contribution in [0.5, 0.6) is 0 Å². The Hall–Kier alpha value is -1.95. The molecule has 0 bridgehead atoms. The summed E-state index contributed by atoms with van der Waals surface area (Å²) in [5, 5.41) is 9.07. The van der Waals surface area contributed by atoms with Crippen molar-refractivity contribution in [2.24, 2.45) is 17.8 Å². The number of aryl methyl sites for hydroxylation is 1. The van der Waals surface area contributed by atoms with E-state index >= 15 is 0 Å². The topological polar surface area (TPSA) is 67.1 Å². The van der Waals surface area contributed by atoms with Crippen LogP contribution in [0.2, 0.25) is 0 Å². The van der Waals surface area contributed by atoms with Gasteiger partial charge in [-0.05, 0) is 24.7 Å². The fourth-order valence-electron chi connectivity index (χ4n) is 3.55. The summed E-state index contributed by atoms with van der Waals surface area (Å²) in [5.41, 5.74) is 2.78. The van der Waals surface area contributed by atoms with Crippen molar-refractivity contribution < 1.29 is 5.11 Å². The van der Waals surface area contributed by atoms with Crippen LogP contribution in [0.15, 0.2) is 18.7 Å². The van der Waals surface area contributed by atoms with Crippen molar-refractivity contribution >= 4 is 5.95 Å². The van der Waals surface area contributed by atoms with E-state index in [-0.39, 0.29) is 6.61 Å². The molecular weight excluding hydrogens is 278 g/mol. The second-order valence-corrected chi connectivity index (χ2v) is 6.57. The zero-order valence-electron chi connectivity index (χ0n) is 13.0. The van der Waals surface area contributed by atoms with Crippen LogP contribution in [0.25, 0.3) is 0 Å². The smallest absolute Gasteiger partial charge is 0.225 e. The summed E-state index contributed by atoms with van der Waals surface area (Å²) >= 11 is 0. The van der Waals surface area contributed by atoms with E-state index in [2.05, 4.69) is 26.8 Å². The molecule has 3 heterocycles. The number of anilines is 1. The Bertz CT molecular complexity index is 686. The van der Waals surface area contributed by atoms with Crippen molar-refractivity contribution in [2.75, 3.05) is 18.0 Å². The minimum atomic E-state index is -0.0306. The lowest BCUT2D eigenvalue weighted by atomic mass is 10.2. The summed E-state index contributed by atoms with van der Waals surface area (Å²) in [7, 11) is 0. The average molecular weight is 299 g/mol. The van der Waals surface area contributed by atoms with Crippen molar-refractivity contribution in [2.45, 2.75) is 27.0 Å². The van der Waals surface area contributed by atoms with Gasteiger partial charge in [-0.1, -0.05) is 6.92 Å². The van der Waals surface area contributed by atoms with Crippen molar-refractivity contribution in [3.8, 4) is 0 Å². The van der Waals surface area contributed by atoms with Crippen LogP contribution in [0.4, 0.5) is 5.95 Å². The zero-order valence-corrected chi connectivity index (χ0v) is 13.0. The molecule has 2 aromatic rings. The third-order valence-electron chi connectivity index (χ3n) is 5.17. The first kappa shape index (κ1) is 13.7. The number of piperidine rings is 1. The molecule has 0 radical (unpaired) electrons.